The number of nitrogens with one attached hydrogen (secondary N) is 1. The molecule has 0 aromatic heterocycles. The standard InChI is InChI=1S/C16H32N2S/c1-4-8-17-16-5-9-18(14(3)13(16)2)12-15-6-10-19-11-7-15/h13-17H,4-12H2,1-3H3. The van der Waals surface area contributed by atoms with Crippen molar-refractivity contribution < 1.29 is 0 Å². The monoisotopic (exact) mass is 284 g/mol. The molecule has 0 amide bonds. The van der Waals surface area contributed by atoms with Crippen LogP contribution in [0.4, 0.5) is 0 Å². The van der Waals surface area contributed by atoms with Gasteiger partial charge in [-0.2, -0.15) is 11.8 Å². The summed E-state index contributed by atoms with van der Waals surface area (Å²) in [6, 6.07) is 1.49. The van der Waals surface area contributed by atoms with E-state index in [2.05, 4.69) is 42.7 Å². The maximum Gasteiger partial charge on any atom is 0.0120 e. The molecular formula is C16H32N2S. The molecule has 0 spiro atoms. The van der Waals surface area contributed by atoms with E-state index in [9.17, 15) is 0 Å². The van der Waals surface area contributed by atoms with Crippen molar-refractivity contribution in [3.8, 4) is 0 Å². The average molecular weight is 285 g/mol. The van der Waals surface area contributed by atoms with Gasteiger partial charge in [0.25, 0.3) is 0 Å². The Morgan fingerprint density at radius 3 is 2.58 bits per heavy atom. The van der Waals surface area contributed by atoms with Gasteiger partial charge in [-0.25, -0.2) is 0 Å². The molecule has 19 heavy (non-hydrogen) atoms. The number of likely N-dealkylation sites (tertiary alicyclic amines) is 1. The molecule has 3 heteroatoms. The van der Waals surface area contributed by atoms with E-state index in [1.807, 2.05) is 0 Å². The van der Waals surface area contributed by atoms with Crippen LogP contribution in [-0.2, 0) is 0 Å². The average Bonchev–Trinajstić information content (AvgIpc) is 2.44. The van der Waals surface area contributed by atoms with E-state index in [0.717, 1.165) is 23.9 Å². The lowest BCUT2D eigenvalue weighted by Crippen LogP contribution is -2.54. The third kappa shape index (κ3) is 4.37. The zero-order valence-electron chi connectivity index (χ0n) is 13.0. The summed E-state index contributed by atoms with van der Waals surface area (Å²) in [5.41, 5.74) is 0. The van der Waals surface area contributed by atoms with Gasteiger partial charge in [-0.3, -0.25) is 0 Å². The Labute approximate surface area is 124 Å². The zero-order chi connectivity index (χ0) is 13.7. The first kappa shape index (κ1) is 15.7. The van der Waals surface area contributed by atoms with Crippen molar-refractivity contribution >= 4 is 11.8 Å². The van der Waals surface area contributed by atoms with Crippen LogP contribution in [0.5, 0.6) is 0 Å². The molecule has 2 aliphatic rings. The maximum atomic E-state index is 3.75. The zero-order valence-corrected chi connectivity index (χ0v) is 13.8. The van der Waals surface area contributed by atoms with E-state index in [4.69, 9.17) is 0 Å². The Kier molecular flexibility index (Phi) is 6.51. The third-order valence-electron chi connectivity index (χ3n) is 5.19. The molecular weight excluding hydrogens is 252 g/mol. The first-order valence-electron chi connectivity index (χ1n) is 8.27. The van der Waals surface area contributed by atoms with Crippen LogP contribution in [0.2, 0.25) is 0 Å². The molecule has 112 valence electrons. The van der Waals surface area contributed by atoms with Crippen molar-refractivity contribution in [3.05, 3.63) is 0 Å². The van der Waals surface area contributed by atoms with Crippen LogP contribution in [-0.4, -0.2) is 48.1 Å². The summed E-state index contributed by atoms with van der Waals surface area (Å²) < 4.78 is 0. The topological polar surface area (TPSA) is 15.3 Å². The molecule has 3 atom stereocenters. The molecule has 2 fully saturated rings. The molecule has 1 N–H and O–H groups in total. The highest BCUT2D eigenvalue weighted by Gasteiger charge is 2.33. The highest BCUT2D eigenvalue weighted by molar-refractivity contribution is 7.99. The minimum absolute atomic E-state index is 0.744. The Morgan fingerprint density at radius 1 is 1.16 bits per heavy atom. The van der Waals surface area contributed by atoms with E-state index < -0.39 is 0 Å². The molecule has 0 radical (unpaired) electrons. The van der Waals surface area contributed by atoms with Gasteiger partial charge in [0.1, 0.15) is 0 Å². The predicted octanol–water partition coefficient (Wildman–Crippen LogP) is 3.23. The fourth-order valence-electron chi connectivity index (χ4n) is 3.58. The summed E-state index contributed by atoms with van der Waals surface area (Å²) in [7, 11) is 0. The third-order valence-corrected chi connectivity index (χ3v) is 6.24. The normalized spacial score (nSPS) is 34.6. The number of thioether (sulfide) groups is 1. The summed E-state index contributed by atoms with van der Waals surface area (Å²) in [6.45, 7) is 11.0. The molecule has 2 heterocycles. The van der Waals surface area contributed by atoms with E-state index in [0.29, 0.717) is 0 Å². The number of nitrogens with zero attached hydrogens (tertiary/aromatic N) is 1. The molecule has 2 nitrogen and oxygen atoms in total. The van der Waals surface area contributed by atoms with Gasteiger partial charge in [-0.05, 0) is 69.0 Å². The van der Waals surface area contributed by atoms with Crippen molar-refractivity contribution in [2.75, 3.05) is 31.1 Å². The first-order chi connectivity index (χ1) is 9.22. The van der Waals surface area contributed by atoms with Crippen LogP contribution in [0, 0.1) is 11.8 Å². The number of rotatable bonds is 5. The van der Waals surface area contributed by atoms with E-state index >= 15 is 0 Å². The van der Waals surface area contributed by atoms with Gasteiger partial charge in [0.05, 0.1) is 0 Å². The Bertz CT molecular complexity index is 253. The lowest BCUT2D eigenvalue weighted by molar-refractivity contribution is 0.0689. The van der Waals surface area contributed by atoms with Gasteiger partial charge >= 0.3 is 0 Å². The van der Waals surface area contributed by atoms with Crippen LogP contribution in [0.3, 0.4) is 0 Å². The second-order valence-corrected chi connectivity index (χ2v) is 7.72. The van der Waals surface area contributed by atoms with Crippen LogP contribution in [0.15, 0.2) is 0 Å². The summed E-state index contributed by atoms with van der Waals surface area (Å²) in [5, 5.41) is 3.75. The number of hydrogen-bond donors (Lipinski definition) is 1. The molecule has 2 rings (SSSR count). The lowest BCUT2D eigenvalue weighted by atomic mass is 9.86. The highest BCUT2D eigenvalue weighted by atomic mass is 32.2. The van der Waals surface area contributed by atoms with Gasteiger partial charge in [-0.1, -0.05) is 13.8 Å². The highest BCUT2D eigenvalue weighted by Crippen LogP contribution is 2.28. The van der Waals surface area contributed by atoms with E-state index in [-0.39, 0.29) is 0 Å². The minimum atomic E-state index is 0.744. The molecule has 3 unspecified atom stereocenters. The van der Waals surface area contributed by atoms with Gasteiger partial charge in [0, 0.05) is 18.6 Å². The number of hydrogen-bond acceptors (Lipinski definition) is 3. The number of piperidine rings is 1. The fraction of sp³-hybridized carbons (Fsp3) is 1.00. The van der Waals surface area contributed by atoms with Gasteiger partial charge in [0.2, 0.25) is 0 Å². The van der Waals surface area contributed by atoms with Crippen molar-refractivity contribution in [2.24, 2.45) is 11.8 Å². The molecule has 2 aliphatic heterocycles. The quantitative estimate of drug-likeness (QED) is 0.834. The Morgan fingerprint density at radius 2 is 1.89 bits per heavy atom. The fourth-order valence-corrected chi connectivity index (χ4v) is 4.78. The van der Waals surface area contributed by atoms with Crippen molar-refractivity contribution in [3.63, 3.8) is 0 Å². The summed E-state index contributed by atoms with van der Waals surface area (Å²) >= 11 is 2.14. The molecule has 0 saturated carbocycles. The van der Waals surface area contributed by atoms with Crippen LogP contribution >= 0.6 is 11.8 Å². The first-order valence-corrected chi connectivity index (χ1v) is 9.43. The largest absolute Gasteiger partial charge is 0.314 e. The lowest BCUT2D eigenvalue weighted by Gasteiger charge is -2.44. The second kappa shape index (κ2) is 7.90. The molecule has 2 saturated heterocycles. The van der Waals surface area contributed by atoms with Crippen LogP contribution in [0.25, 0.3) is 0 Å². The van der Waals surface area contributed by atoms with Crippen molar-refractivity contribution in [2.45, 2.75) is 58.5 Å². The van der Waals surface area contributed by atoms with Crippen LogP contribution < -0.4 is 5.32 Å². The Balaban J connectivity index is 1.80. The summed E-state index contributed by atoms with van der Waals surface area (Å²) in [4.78, 5) is 2.77. The van der Waals surface area contributed by atoms with Gasteiger partial charge in [0.15, 0.2) is 0 Å². The maximum absolute atomic E-state index is 3.75. The summed E-state index contributed by atoms with van der Waals surface area (Å²) in [6.07, 6.45) is 5.48. The molecule has 0 aromatic carbocycles. The molecule has 0 aliphatic carbocycles. The van der Waals surface area contributed by atoms with Crippen LogP contribution in [0.1, 0.15) is 46.5 Å². The van der Waals surface area contributed by atoms with Crippen molar-refractivity contribution in [1.29, 1.82) is 0 Å². The second-order valence-electron chi connectivity index (χ2n) is 6.50. The minimum Gasteiger partial charge on any atom is -0.314 e. The smallest absolute Gasteiger partial charge is 0.0120 e. The van der Waals surface area contributed by atoms with Gasteiger partial charge in [-0.15, -0.1) is 0 Å². The van der Waals surface area contributed by atoms with E-state index in [1.54, 1.807) is 0 Å². The molecule has 0 bridgehead atoms. The SMILES string of the molecule is CCCNC1CCN(CC2CCSCC2)C(C)C1C. The summed E-state index contributed by atoms with van der Waals surface area (Å²) in [5.74, 6) is 4.54. The predicted molar refractivity (Wildman–Crippen MR) is 86.9 cm³/mol. The Hall–Kier alpha value is 0.270. The molecule has 0 aromatic rings. The van der Waals surface area contributed by atoms with Gasteiger partial charge < -0.3 is 10.2 Å². The van der Waals surface area contributed by atoms with Crippen molar-refractivity contribution in [1.82, 2.24) is 10.2 Å². The van der Waals surface area contributed by atoms with E-state index in [1.165, 1.54) is 56.8 Å².